The maximum atomic E-state index is 12.6. The maximum absolute atomic E-state index is 12.6. The summed E-state index contributed by atoms with van der Waals surface area (Å²) in [6.07, 6.45) is 1.93. The predicted octanol–water partition coefficient (Wildman–Crippen LogP) is 5.39. The lowest BCUT2D eigenvalue weighted by Gasteiger charge is -2.39. The third kappa shape index (κ3) is 5.90. The summed E-state index contributed by atoms with van der Waals surface area (Å²) in [5, 5.41) is 3.83. The number of nitrogens with zero attached hydrogens (tertiary/aromatic N) is 2. The fourth-order valence-electron chi connectivity index (χ4n) is 4.32. The van der Waals surface area contributed by atoms with E-state index in [1.165, 1.54) is 16.7 Å². The molecule has 0 aromatic heterocycles. The molecule has 166 valence electrons. The molecule has 1 N–H and O–H groups in total. The molecule has 1 aliphatic rings. The Labute approximate surface area is 195 Å². The normalized spacial score (nSPS) is 15.3. The van der Waals surface area contributed by atoms with E-state index in [1.807, 2.05) is 29.2 Å². The number of halogens is 1. The molecule has 3 aromatic carbocycles. The number of hydrogen-bond donors (Lipinski definition) is 1. The molecular formula is C27H30ClN3O. The molecule has 1 fully saturated rings. The first kappa shape index (κ1) is 22.4. The van der Waals surface area contributed by atoms with Crippen molar-refractivity contribution in [3.8, 4) is 0 Å². The van der Waals surface area contributed by atoms with E-state index < -0.39 is 0 Å². The van der Waals surface area contributed by atoms with E-state index in [2.05, 4.69) is 70.9 Å². The van der Waals surface area contributed by atoms with Gasteiger partial charge in [0.25, 0.3) is 0 Å². The van der Waals surface area contributed by atoms with E-state index in [0.717, 1.165) is 44.0 Å². The van der Waals surface area contributed by atoms with Crippen molar-refractivity contribution in [1.29, 1.82) is 0 Å². The number of hydrogen-bond acceptors (Lipinski definition) is 2. The highest BCUT2D eigenvalue weighted by Crippen LogP contribution is 2.30. The maximum Gasteiger partial charge on any atom is 0.317 e. The number of carbonyl (C=O) groups excluding carboxylic acids is 1. The molecule has 1 heterocycles. The molecule has 1 aliphatic heterocycles. The third-order valence-electron chi connectivity index (χ3n) is 6.03. The second-order valence-electron chi connectivity index (χ2n) is 8.21. The zero-order valence-corrected chi connectivity index (χ0v) is 19.0. The minimum absolute atomic E-state index is 0.0421. The molecule has 0 radical (unpaired) electrons. The highest BCUT2D eigenvalue weighted by atomic mass is 35.5. The lowest BCUT2D eigenvalue weighted by atomic mass is 9.96. The molecule has 5 heteroatoms. The van der Waals surface area contributed by atoms with E-state index in [-0.39, 0.29) is 12.1 Å². The van der Waals surface area contributed by atoms with Gasteiger partial charge in [-0.15, -0.1) is 0 Å². The molecule has 0 bridgehead atoms. The zero-order valence-electron chi connectivity index (χ0n) is 18.3. The van der Waals surface area contributed by atoms with Crippen molar-refractivity contribution in [2.75, 3.05) is 32.7 Å². The fourth-order valence-corrected chi connectivity index (χ4v) is 4.45. The number of rotatable bonds is 7. The van der Waals surface area contributed by atoms with Gasteiger partial charge in [-0.05, 0) is 41.7 Å². The van der Waals surface area contributed by atoms with Crippen LogP contribution in [0.2, 0.25) is 5.02 Å². The molecule has 1 atom stereocenters. The third-order valence-corrected chi connectivity index (χ3v) is 6.28. The quantitative estimate of drug-likeness (QED) is 0.493. The molecule has 0 aliphatic carbocycles. The summed E-state index contributed by atoms with van der Waals surface area (Å²) >= 11 is 6.12. The summed E-state index contributed by atoms with van der Waals surface area (Å²) in [6.45, 7) is 3.81. The second-order valence-corrected chi connectivity index (χ2v) is 8.65. The first-order valence-electron chi connectivity index (χ1n) is 11.3. The van der Waals surface area contributed by atoms with E-state index in [4.69, 9.17) is 11.6 Å². The molecule has 4 rings (SSSR count). The number of amides is 2. The lowest BCUT2D eigenvalue weighted by Crippen LogP contribution is -2.52. The van der Waals surface area contributed by atoms with Crippen LogP contribution in [-0.4, -0.2) is 48.6 Å². The van der Waals surface area contributed by atoms with Crippen LogP contribution in [-0.2, 0) is 6.42 Å². The van der Waals surface area contributed by atoms with Crippen molar-refractivity contribution in [3.05, 3.63) is 107 Å². The van der Waals surface area contributed by atoms with Crippen LogP contribution in [0.15, 0.2) is 84.9 Å². The van der Waals surface area contributed by atoms with Crippen LogP contribution in [0.4, 0.5) is 4.79 Å². The second kappa shape index (κ2) is 11.2. The van der Waals surface area contributed by atoms with Crippen LogP contribution in [0.25, 0.3) is 0 Å². The van der Waals surface area contributed by atoms with Gasteiger partial charge < -0.3 is 10.2 Å². The molecule has 4 nitrogen and oxygen atoms in total. The van der Waals surface area contributed by atoms with Gasteiger partial charge in [0.05, 0.1) is 6.04 Å². The molecule has 2 amide bonds. The van der Waals surface area contributed by atoms with E-state index in [9.17, 15) is 4.79 Å². The zero-order chi connectivity index (χ0) is 22.2. The van der Waals surface area contributed by atoms with Crippen molar-refractivity contribution in [2.45, 2.75) is 18.9 Å². The lowest BCUT2D eigenvalue weighted by molar-refractivity contribution is 0.120. The number of aryl methyl sites for hydroxylation is 1. The SMILES string of the molecule is O=C(NCCCc1ccccc1)N1CCN([C@@H](c2ccccc2)c2ccc(Cl)cc2)CC1. The Hall–Kier alpha value is -2.82. The fraction of sp³-hybridized carbons (Fsp3) is 0.296. The Morgan fingerprint density at radius 3 is 2.06 bits per heavy atom. The smallest absolute Gasteiger partial charge is 0.317 e. The average Bonchev–Trinajstić information content (AvgIpc) is 2.85. The Morgan fingerprint density at radius 2 is 1.41 bits per heavy atom. The summed E-state index contributed by atoms with van der Waals surface area (Å²) in [5.41, 5.74) is 3.79. The Bertz CT molecular complexity index is 971. The molecule has 0 spiro atoms. The van der Waals surface area contributed by atoms with Crippen molar-refractivity contribution in [3.63, 3.8) is 0 Å². The minimum Gasteiger partial charge on any atom is -0.338 e. The van der Waals surface area contributed by atoms with Crippen LogP contribution in [0.5, 0.6) is 0 Å². The first-order valence-corrected chi connectivity index (χ1v) is 11.7. The Morgan fingerprint density at radius 1 is 0.812 bits per heavy atom. The number of nitrogens with one attached hydrogen (secondary N) is 1. The van der Waals surface area contributed by atoms with Crippen molar-refractivity contribution in [1.82, 2.24) is 15.1 Å². The van der Waals surface area contributed by atoms with Gasteiger partial charge in [0.2, 0.25) is 0 Å². The number of carbonyl (C=O) groups is 1. The monoisotopic (exact) mass is 447 g/mol. The molecule has 3 aromatic rings. The van der Waals surface area contributed by atoms with Crippen molar-refractivity contribution >= 4 is 17.6 Å². The van der Waals surface area contributed by atoms with E-state index >= 15 is 0 Å². The summed E-state index contributed by atoms with van der Waals surface area (Å²) in [6, 6.07) is 29.3. The molecular weight excluding hydrogens is 418 g/mol. The molecule has 0 unspecified atom stereocenters. The number of benzene rings is 3. The van der Waals surface area contributed by atoms with Gasteiger partial charge in [-0.2, -0.15) is 0 Å². The van der Waals surface area contributed by atoms with Crippen LogP contribution >= 0.6 is 11.6 Å². The summed E-state index contributed by atoms with van der Waals surface area (Å²) in [5.74, 6) is 0. The predicted molar refractivity (Wildman–Crippen MR) is 131 cm³/mol. The minimum atomic E-state index is 0.0421. The highest BCUT2D eigenvalue weighted by Gasteiger charge is 2.28. The van der Waals surface area contributed by atoms with Crippen molar-refractivity contribution < 1.29 is 4.79 Å². The Balaban J connectivity index is 1.31. The summed E-state index contributed by atoms with van der Waals surface area (Å²) < 4.78 is 0. The van der Waals surface area contributed by atoms with Gasteiger partial charge in [0.15, 0.2) is 0 Å². The summed E-state index contributed by atoms with van der Waals surface area (Å²) in [7, 11) is 0. The van der Waals surface area contributed by atoms with Gasteiger partial charge in [-0.1, -0.05) is 84.4 Å². The average molecular weight is 448 g/mol. The van der Waals surface area contributed by atoms with Crippen LogP contribution in [0, 0.1) is 0 Å². The van der Waals surface area contributed by atoms with Gasteiger partial charge >= 0.3 is 6.03 Å². The van der Waals surface area contributed by atoms with Gasteiger partial charge in [0.1, 0.15) is 0 Å². The van der Waals surface area contributed by atoms with Gasteiger partial charge in [-0.3, -0.25) is 4.90 Å². The topological polar surface area (TPSA) is 35.6 Å². The van der Waals surface area contributed by atoms with Gasteiger partial charge in [-0.25, -0.2) is 4.79 Å². The van der Waals surface area contributed by atoms with Crippen LogP contribution in [0.1, 0.15) is 29.2 Å². The van der Waals surface area contributed by atoms with Crippen molar-refractivity contribution in [2.24, 2.45) is 0 Å². The first-order chi connectivity index (χ1) is 15.7. The standard InChI is InChI=1S/C27H30ClN3O/c28-25-15-13-24(14-16-25)26(23-11-5-2-6-12-23)30-18-20-31(21-19-30)27(32)29-17-7-10-22-8-3-1-4-9-22/h1-6,8-9,11-16,26H,7,10,17-21H2,(H,29,32)/t26-/m0/s1. The van der Waals surface area contributed by atoms with E-state index in [1.54, 1.807) is 0 Å². The highest BCUT2D eigenvalue weighted by molar-refractivity contribution is 6.30. The molecule has 1 saturated heterocycles. The number of urea groups is 1. The van der Waals surface area contributed by atoms with Gasteiger partial charge in [0, 0.05) is 37.7 Å². The number of piperazine rings is 1. The largest absolute Gasteiger partial charge is 0.338 e. The van der Waals surface area contributed by atoms with Crippen LogP contribution in [0.3, 0.4) is 0 Å². The van der Waals surface area contributed by atoms with Crippen LogP contribution < -0.4 is 5.32 Å². The Kier molecular flexibility index (Phi) is 7.81. The van der Waals surface area contributed by atoms with E-state index in [0.29, 0.717) is 6.54 Å². The molecule has 0 saturated carbocycles. The molecule has 32 heavy (non-hydrogen) atoms. The summed E-state index contributed by atoms with van der Waals surface area (Å²) in [4.78, 5) is 17.0.